The summed E-state index contributed by atoms with van der Waals surface area (Å²) in [5.41, 5.74) is 2.46. The zero-order valence-corrected chi connectivity index (χ0v) is 16.6. The van der Waals surface area contributed by atoms with Crippen molar-refractivity contribution in [3.63, 3.8) is 0 Å². The van der Waals surface area contributed by atoms with E-state index in [1.807, 2.05) is 0 Å². The Kier molecular flexibility index (Phi) is 7.27. The van der Waals surface area contributed by atoms with Crippen LogP contribution in [-0.4, -0.2) is 16.6 Å². The molecule has 0 spiro atoms. The van der Waals surface area contributed by atoms with E-state index in [1.165, 1.54) is 44.1 Å². The number of unbranched alkanes of at least 4 members (excludes halogenated alkanes) is 2. The molecule has 1 aromatic carbocycles. The molecule has 3 nitrogen and oxygen atoms in total. The third-order valence-corrected chi connectivity index (χ3v) is 5.36. The predicted octanol–water partition coefficient (Wildman–Crippen LogP) is 5.74. The predicted molar refractivity (Wildman–Crippen MR) is 110 cm³/mol. The number of rotatable bonds is 6. The Hall–Kier alpha value is -2.34. The summed E-state index contributed by atoms with van der Waals surface area (Å²) < 4.78 is 5.63. The van der Waals surface area contributed by atoms with Gasteiger partial charge < -0.3 is 4.74 Å². The summed E-state index contributed by atoms with van der Waals surface area (Å²) in [6.07, 6.45) is 12.2. The molecule has 0 saturated heterocycles. The first-order valence-corrected chi connectivity index (χ1v) is 10.3. The lowest BCUT2D eigenvalue weighted by Crippen LogP contribution is -2.10. The molecule has 0 atom stereocenters. The largest absolute Gasteiger partial charge is 0.490 e. The summed E-state index contributed by atoms with van der Waals surface area (Å²) in [4.78, 5) is 8.56. The van der Waals surface area contributed by atoms with Gasteiger partial charge in [0.25, 0.3) is 0 Å². The number of hydrogen-bond donors (Lipinski definition) is 0. The van der Waals surface area contributed by atoms with Gasteiger partial charge in [-0.2, -0.15) is 0 Å². The molecule has 1 heterocycles. The molecule has 1 aromatic heterocycles. The molecule has 0 aliphatic heterocycles. The highest BCUT2D eigenvalue weighted by molar-refractivity contribution is 5.40. The summed E-state index contributed by atoms with van der Waals surface area (Å²) >= 11 is 0. The van der Waals surface area contributed by atoms with Crippen LogP contribution in [0.2, 0.25) is 0 Å². The van der Waals surface area contributed by atoms with E-state index in [9.17, 15) is 0 Å². The molecule has 0 amide bonds. The molecular weight excluding hydrogens is 332 g/mol. The maximum absolute atomic E-state index is 5.63. The Morgan fingerprint density at radius 3 is 2.33 bits per heavy atom. The number of hydrogen-bond acceptors (Lipinski definition) is 3. The Bertz CT molecular complexity index is 748. The molecule has 0 N–H and O–H groups in total. The lowest BCUT2D eigenvalue weighted by Gasteiger charge is -2.26. The number of nitrogens with zero attached hydrogens (tertiary/aromatic N) is 2. The molecule has 1 fully saturated rings. The highest BCUT2D eigenvalue weighted by atomic mass is 16.5. The van der Waals surface area contributed by atoms with Gasteiger partial charge in [-0.25, -0.2) is 9.97 Å². The second-order valence-corrected chi connectivity index (χ2v) is 7.63. The average molecular weight is 363 g/mol. The summed E-state index contributed by atoms with van der Waals surface area (Å²) in [7, 11) is 0. The van der Waals surface area contributed by atoms with Crippen molar-refractivity contribution in [2.45, 2.75) is 64.7 Å². The van der Waals surface area contributed by atoms with Crippen LogP contribution in [0, 0.1) is 17.8 Å². The lowest BCUT2D eigenvalue weighted by molar-refractivity contribution is 0.304. The minimum Gasteiger partial charge on any atom is -0.490 e. The van der Waals surface area contributed by atoms with Crippen LogP contribution in [0.4, 0.5) is 0 Å². The van der Waals surface area contributed by atoms with E-state index in [0.717, 1.165) is 23.8 Å². The highest BCUT2D eigenvalue weighted by Crippen LogP contribution is 2.35. The van der Waals surface area contributed by atoms with E-state index in [1.54, 1.807) is 12.4 Å². The van der Waals surface area contributed by atoms with Crippen molar-refractivity contribution in [3.05, 3.63) is 53.6 Å². The van der Waals surface area contributed by atoms with Gasteiger partial charge in [-0.1, -0.05) is 57.6 Å². The van der Waals surface area contributed by atoms with E-state index >= 15 is 0 Å². The first kappa shape index (κ1) is 19.4. The van der Waals surface area contributed by atoms with E-state index in [2.05, 4.69) is 59.9 Å². The third-order valence-electron chi connectivity index (χ3n) is 5.36. The molecule has 1 aliphatic rings. The van der Waals surface area contributed by atoms with Gasteiger partial charge in [-0.05, 0) is 54.7 Å². The molecule has 0 unspecified atom stereocenters. The molecule has 1 saturated carbocycles. The normalized spacial score (nSPS) is 19.2. The second kappa shape index (κ2) is 10.1. The van der Waals surface area contributed by atoms with Crippen LogP contribution in [0.3, 0.4) is 0 Å². The first-order valence-electron chi connectivity index (χ1n) is 10.3. The van der Waals surface area contributed by atoms with Crippen molar-refractivity contribution in [1.82, 2.24) is 9.97 Å². The van der Waals surface area contributed by atoms with Crippen LogP contribution < -0.4 is 4.74 Å². The van der Waals surface area contributed by atoms with Crippen LogP contribution in [-0.2, 0) is 0 Å². The van der Waals surface area contributed by atoms with Crippen molar-refractivity contribution in [2.75, 3.05) is 6.61 Å². The molecule has 2 aromatic rings. The van der Waals surface area contributed by atoms with Gasteiger partial charge in [0.05, 0.1) is 19.0 Å². The van der Waals surface area contributed by atoms with Gasteiger partial charge in [0.15, 0.2) is 5.75 Å². The standard InChI is InChI=1S/C24H30N2O/c1-3-4-5-16-27-23-17-25-24(26-18-23)15-10-20-8-13-22(14-9-20)21-11-6-19(2)7-12-21/h8-9,13-14,17-19,21H,3-7,11-12,16H2,1-2H3/t19-,21-. The first-order chi connectivity index (χ1) is 13.2. The number of ether oxygens (including phenoxy) is 1. The van der Waals surface area contributed by atoms with Gasteiger partial charge in [0.2, 0.25) is 5.82 Å². The smallest absolute Gasteiger partial charge is 0.205 e. The van der Waals surface area contributed by atoms with Crippen LogP contribution in [0.15, 0.2) is 36.7 Å². The minimum atomic E-state index is 0.529. The fraction of sp³-hybridized carbons (Fsp3) is 0.500. The molecule has 0 bridgehead atoms. The van der Waals surface area contributed by atoms with E-state index in [4.69, 9.17) is 4.74 Å². The molecule has 27 heavy (non-hydrogen) atoms. The summed E-state index contributed by atoms with van der Waals surface area (Å²) in [6.45, 7) is 5.26. The van der Waals surface area contributed by atoms with Gasteiger partial charge >= 0.3 is 0 Å². The monoisotopic (exact) mass is 362 g/mol. The number of aromatic nitrogens is 2. The summed E-state index contributed by atoms with van der Waals surface area (Å²) in [5, 5.41) is 0. The van der Waals surface area contributed by atoms with E-state index in [-0.39, 0.29) is 0 Å². The minimum absolute atomic E-state index is 0.529. The Morgan fingerprint density at radius 1 is 0.963 bits per heavy atom. The lowest BCUT2D eigenvalue weighted by atomic mass is 9.79. The van der Waals surface area contributed by atoms with Crippen molar-refractivity contribution in [3.8, 4) is 17.6 Å². The molecule has 1 aliphatic carbocycles. The molecule has 142 valence electrons. The van der Waals surface area contributed by atoms with Crippen LogP contribution in [0.25, 0.3) is 0 Å². The van der Waals surface area contributed by atoms with Gasteiger partial charge in [0, 0.05) is 5.56 Å². The Balaban J connectivity index is 1.54. The Labute approximate surface area is 163 Å². The second-order valence-electron chi connectivity index (χ2n) is 7.63. The quantitative estimate of drug-likeness (QED) is 0.485. The molecule has 0 radical (unpaired) electrons. The molecule has 3 heteroatoms. The van der Waals surface area contributed by atoms with Crippen molar-refractivity contribution < 1.29 is 4.74 Å². The zero-order valence-electron chi connectivity index (χ0n) is 16.6. The van der Waals surface area contributed by atoms with Gasteiger partial charge in [0.1, 0.15) is 0 Å². The van der Waals surface area contributed by atoms with Crippen molar-refractivity contribution in [2.24, 2.45) is 5.92 Å². The SMILES string of the molecule is CCCCCOc1cnc(C#Cc2ccc([C@H]3CC[C@H](C)CC3)cc2)nc1. The summed E-state index contributed by atoms with van der Waals surface area (Å²) in [5.74, 6) is 9.05. The van der Waals surface area contributed by atoms with E-state index in [0.29, 0.717) is 18.2 Å². The fourth-order valence-corrected chi connectivity index (χ4v) is 3.56. The number of benzene rings is 1. The maximum atomic E-state index is 5.63. The van der Waals surface area contributed by atoms with Crippen molar-refractivity contribution >= 4 is 0 Å². The highest BCUT2D eigenvalue weighted by Gasteiger charge is 2.19. The van der Waals surface area contributed by atoms with Crippen LogP contribution in [0.5, 0.6) is 5.75 Å². The van der Waals surface area contributed by atoms with Gasteiger partial charge in [-0.3, -0.25) is 0 Å². The Morgan fingerprint density at radius 2 is 1.67 bits per heavy atom. The molecule has 3 rings (SSSR count). The van der Waals surface area contributed by atoms with Crippen molar-refractivity contribution in [1.29, 1.82) is 0 Å². The summed E-state index contributed by atoms with van der Waals surface area (Å²) in [6, 6.07) is 8.70. The average Bonchev–Trinajstić information content (AvgIpc) is 2.72. The topological polar surface area (TPSA) is 35.0 Å². The maximum Gasteiger partial charge on any atom is 0.205 e. The third kappa shape index (κ3) is 6.10. The fourth-order valence-electron chi connectivity index (χ4n) is 3.56. The zero-order chi connectivity index (χ0) is 18.9. The van der Waals surface area contributed by atoms with E-state index < -0.39 is 0 Å². The van der Waals surface area contributed by atoms with Gasteiger partial charge in [-0.15, -0.1) is 0 Å². The van der Waals surface area contributed by atoms with Crippen LogP contribution >= 0.6 is 0 Å². The molecular formula is C24H30N2O. The van der Waals surface area contributed by atoms with Crippen LogP contribution in [0.1, 0.15) is 81.7 Å².